The van der Waals surface area contributed by atoms with Crippen LogP contribution in [0.1, 0.15) is 32.1 Å². The summed E-state index contributed by atoms with van der Waals surface area (Å²) in [7, 11) is 1.44. The third kappa shape index (κ3) is 3.72. The number of rotatable bonds is 4. The van der Waals surface area contributed by atoms with Crippen molar-refractivity contribution in [3.8, 4) is 5.75 Å². The van der Waals surface area contributed by atoms with E-state index in [1.807, 2.05) is 12.1 Å². The van der Waals surface area contributed by atoms with E-state index in [-0.39, 0.29) is 12.1 Å². The van der Waals surface area contributed by atoms with Crippen LogP contribution < -0.4 is 4.74 Å². The third-order valence-electron chi connectivity index (χ3n) is 3.43. The van der Waals surface area contributed by atoms with Crippen molar-refractivity contribution < 1.29 is 14.3 Å². The smallest absolute Gasteiger partial charge is 0.305 e. The van der Waals surface area contributed by atoms with Gasteiger partial charge in [0.25, 0.3) is 0 Å². The minimum atomic E-state index is -0.103. The van der Waals surface area contributed by atoms with E-state index >= 15 is 0 Å². The van der Waals surface area contributed by atoms with Crippen molar-refractivity contribution in [2.75, 3.05) is 7.11 Å². The van der Waals surface area contributed by atoms with Gasteiger partial charge < -0.3 is 9.47 Å². The Labute approximate surface area is 107 Å². The molecule has 1 fully saturated rings. The van der Waals surface area contributed by atoms with E-state index in [1.165, 1.54) is 7.11 Å². The molecule has 1 aliphatic rings. The molecule has 0 bridgehead atoms. The van der Waals surface area contributed by atoms with Crippen LogP contribution in [0, 0.1) is 5.92 Å². The van der Waals surface area contributed by atoms with Crippen LogP contribution in [-0.2, 0) is 9.53 Å². The van der Waals surface area contributed by atoms with E-state index in [9.17, 15) is 4.79 Å². The molecule has 98 valence electrons. The molecule has 1 aromatic heterocycles. The Morgan fingerprint density at radius 1 is 1.28 bits per heavy atom. The summed E-state index contributed by atoms with van der Waals surface area (Å²) in [5.74, 6) is 1.23. The highest BCUT2D eigenvalue weighted by atomic mass is 16.5. The average molecular weight is 249 g/mol. The summed E-state index contributed by atoms with van der Waals surface area (Å²) in [6, 6.07) is 3.75. The zero-order chi connectivity index (χ0) is 12.8. The first-order valence-corrected chi connectivity index (χ1v) is 6.41. The predicted octanol–water partition coefficient (Wildman–Crippen LogP) is 2.58. The number of pyridine rings is 1. The Kier molecular flexibility index (Phi) is 4.56. The molecule has 4 nitrogen and oxygen atoms in total. The van der Waals surface area contributed by atoms with Gasteiger partial charge >= 0.3 is 5.97 Å². The summed E-state index contributed by atoms with van der Waals surface area (Å²) in [5.41, 5.74) is 0. The molecule has 0 amide bonds. The lowest BCUT2D eigenvalue weighted by Gasteiger charge is -2.28. The maximum atomic E-state index is 11.2. The number of nitrogens with zero attached hydrogens (tertiary/aromatic N) is 1. The number of hydrogen-bond acceptors (Lipinski definition) is 4. The molecule has 4 heteroatoms. The van der Waals surface area contributed by atoms with Gasteiger partial charge in [0.15, 0.2) is 0 Å². The van der Waals surface area contributed by atoms with Crippen molar-refractivity contribution in [1.82, 2.24) is 4.98 Å². The lowest BCUT2D eigenvalue weighted by Crippen LogP contribution is -2.25. The third-order valence-corrected chi connectivity index (χ3v) is 3.43. The second kappa shape index (κ2) is 6.38. The van der Waals surface area contributed by atoms with Gasteiger partial charge in [0.05, 0.1) is 13.2 Å². The van der Waals surface area contributed by atoms with E-state index in [0.717, 1.165) is 31.4 Å². The fourth-order valence-electron chi connectivity index (χ4n) is 2.38. The predicted molar refractivity (Wildman–Crippen MR) is 67.2 cm³/mol. The molecule has 0 N–H and O–H groups in total. The maximum absolute atomic E-state index is 11.2. The fraction of sp³-hybridized carbons (Fsp3) is 0.571. The van der Waals surface area contributed by atoms with Gasteiger partial charge in [-0.2, -0.15) is 0 Å². The molecule has 1 saturated carbocycles. The number of esters is 1. The highest BCUT2D eigenvalue weighted by molar-refractivity contribution is 5.69. The average Bonchev–Trinajstić information content (AvgIpc) is 2.42. The second-order valence-corrected chi connectivity index (χ2v) is 4.72. The zero-order valence-corrected chi connectivity index (χ0v) is 10.7. The van der Waals surface area contributed by atoms with Crippen LogP contribution in [-0.4, -0.2) is 24.2 Å². The zero-order valence-electron chi connectivity index (χ0n) is 10.7. The molecule has 18 heavy (non-hydrogen) atoms. The maximum Gasteiger partial charge on any atom is 0.305 e. The molecule has 1 heterocycles. The summed E-state index contributed by atoms with van der Waals surface area (Å²) in [6.45, 7) is 0. The van der Waals surface area contributed by atoms with E-state index in [0.29, 0.717) is 12.3 Å². The Bertz CT molecular complexity index is 372. The number of aromatic nitrogens is 1. The number of ether oxygens (including phenoxy) is 2. The molecule has 0 atom stereocenters. The van der Waals surface area contributed by atoms with E-state index < -0.39 is 0 Å². The van der Waals surface area contributed by atoms with Crippen LogP contribution in [0.15, 0.2) is 24.5 Å². The fourth-order valence-corrected chi connectivity index (χ4v) is 2.38. The first-order valence-electron chi connectivity index (χ1n) is 6.41. The van der Waals surface area contributed by atoms with Crippen LogP contribution >= 0.6 is 0 Å². The minimum Gasteiger partial charge on any atom is -0.490 e. The monoisotopic (exact) mass is 249 g/mol. The molecular formula is C14H19NO3. The van der Waals surface area contributed by atoms with Crippen LogP contribution in [0.25, 0.3) is 0 Å². The summed E-state index contributed by atoms with van der Waals surface area (Å²) in [5, 5.41) is 0. The van der Waals surface area contributed by atoms with Gasteiger partial charge in [-0.3, -0.25) is 9.78 Å². The lowest BCUT2D eigenvalue weighted by atomic mass is 9.85. The van der Waals surface area contributed by atoms with Crippen molar-refractivity contribution in [2.45, 2.75) is 38.2 Å². The van der Waals surface area contributed by atoms with Crippen molar-refractivity contribution in [3.63, 3.8) is 0 Å². The highest BCUT2D eigenvalue weighted by Crippen LogP contribution is 2.29. The molecule has 0 aliphatic heterocycles. The number of methoxy groups -OCH3 is 1. The van der Waals surface area contributed by atoms with E-state index in [2.05, 4.69) is 4.98 Å². The Morgan fingerprint density at radius 3 is 2.56 bits per heavy atom. The lowest BCUT2D eigenvalue weighted by molar-refractivity contribution is -0.142. The SMILES string of the molecule is COC(=O)CC1CCC(Oc2ccncc2)CC1. The molecule has 0 aromatic carbocycles. The van der Waals surface area contributed by atoms with Crippen LogP contribution in [0.3, 0.4) is 0 Å². The molecule has 0 unspecified atom stereocenters. The number of hydrogen-bond donors (Lipinski definition) is 0. The summed E-state index contributed by atoms with van der Waals surface area (Å²) in [6.07, 6.45) is 8.35. The Hall–Kier alpha value is -1.58. The first-order chi connectivity index (χ1) is 8.78. The molecule has 1 aliphatic carbocycles. The summed E-state index contributed by atoms with van der Waals surface area (Å²) >= 11 is 0. The van der Waals surface area contributed by atoms with Crippen molar-refractivity contribution >= 4 is 5.97 Å². The molecule has 2 rings (SSSR count). The van der Waals surface area contributed by atoms with E-state index in [4.69, 9.17) is 9.47 Å². The van der Waals surface area contributed by atoms with Crippen molar-refractivity contribution in [2.24, 2.45) is 5.92 Å². The van der Waals surface area contributed by atoms with Crippen LogP contribution in [0.2, 0.25) is 0 Å². The van der Waals surface area contributed by atoms with Crippen LogP contribution in [0.4, 0.5) is 0 Å². The standard InChI is InChI=1S/C14H19NO3/c1-17-14(16)10-11-2-4-12(5-3-11)18-13-6-8-15-9-7-13/h6-9,11-12H,2-5,10H2,1H3. The molecule has 0 saturated heterocycles. The van der Waals surface area contributed by atoms with Gasteiger partial charge in [-0.05, 0) is 43.7 Å². The number of carbonyl (C=O) groups is 1. The molecular weight excluding hydrogens is 230 g/mol. The first kappa shape index (κ1) is 12.9. The number of carbonyl (C=O) groups excluding carboxylic acids is 1. The summed E-state index contributed by atoms with van der Waals surface area (Å²) < 4.78 is 10.6. The quantitative estimate of drug-likeness (QED) is 0.769. The minimum absolute atomic E-state index is 0.103. The topological polar surface area (TPSA) is 48.4 Å². The second-order valence-electron chi connectivity index (χ2n) is 4.72. The van der Waals surface area contributed by atoms with Gasteiger partial charge in [-0.15, -0.1) is 0 Å². The molecule has 1 aromatic rings. The normalized spacial score (nSPS) is 23.4. The molecule has 0 spiro atoms. The van der Waals surface area contributed by atoms with Gasteiger partial charge in [-0.1, -0.05) is 0 Å². The largest absolute Gasteiger partial charge is 0.490 e. The molecule has 0 radical (unpaired) electrons. The van der Waals surface area contributed by atoms with Crippen LogP contribution in [0.5, 0.6) is 5.75 Å². The van der Waals surface area contributed by atoms with Crippen molar-refractivity contribution in [1.29, 1.82) is 0 Å². The van der Waals surface area contributed by atoms with Gasteiger partial charge in [0.2, 0.25) is 0 Å². The van der Waals surface area contributed by atoms with E-state index in [1.54, 1.807) is 12.4 Å². The summed E-state index contributed by atoms with van der Waals surface area (Å²) in [4.78, 5) is 15.2. The van der Waals surface area contributed by atoms with Crippen molar-refractivity contribution in [3.05, 3.63) is 24.5 Å². The van der Waals surface area contributed by atoms with Gasteiger partial charge in [0, 0.05) is 18.8 Å². The Morgan fingerprint density at radius 2 is 1.94 bits per heavy atom. The highest BCUT2D eigenvalue weighted by Gasteiger charge is 2.24. The van der Waals surface area contributed by atoms with Gasteiger partial charge in [0.1, 0.15) is 5.75 Å². The Balaban J connectivity index is 1.75. The van der Waals surface area contributed by atoms with Gasteiger partial charge in [-0.25, -0.2) is 0 Å².